The molecule has 9 aromatic carbocycles. The summed E-state index contributed by atoms with van der Waals surface area (Å²) >= 11 is 0. The molecule has 0 aliphatic carbocycles. The van der Waals surface area contributed by atoms with Crippen LogP contribution in [0.15, 0.2) is 218 Å². The van der Waals surface area contributed by atoms with Gasteiger partial charge in [-0.15, -0.1) is 0 Å². The number of anilines is 3. The summed E-state index contributed by atoms with van der Waals surface area (Å²) in [5.41, 5.74) is 14.0. The first-order valence-corrected chi connectivity index (χ1v) is 18.5. The quantitative estimate of drug-likeness (QED) is 0.162. The topological polar surface area (TPSA) is 8.17 Å². The fourth-order valence-electron chi connectivity index (χ4n) is 8.10. The van der Waals surface area contributed by atoms with Gasteiger partial charge in [0, 0.05) is 27.7 Å². The van der Waals surface area contributed by atoms with Crippen molar-refractivity contribution in [3.8, 4) is 39.1 Å². The lowest BCUT2D eigenvalue weighted by molar-refractivity contribution is 1.18. The predicted octanol–water partition coefficient (Wildman–Crippen LogP) is 14.4. The van der Waals surface area contributed by atoms with Crippen LogP contribution in [0.2, 0.25) is 0 Å². The first-order valence-electron chi connectivity index (χ1n) is 18.5. The molecule has 0 fully saturated rings. The van der Waals surface area contributed by atoms with Crippen LogP contribution >= 0.6 is 0 Å². The lowest BCUT2D eigenvalue weighted by Crippen LogP contribution is -2.10. The van der Waals surface area contributed by atoms with E-state index in [4.69, 9.17) is 0 Å². The van der Waals surface area contributed by atoms with E-state index >= 15 is 0 Å². The minimum atomic E-state index is 1.11. The summed E-state index contributed by atoms with van der Waals surface area (Å²) in [7, 11) is 0. The standard InChI is InChI=1S/C52H36N2/c1-4-16-37(17-5-1)39-30-33-43(34-31-39)53(42-22-8-3-9-23-42)50-28-15-29-51-52(50)46-25-12-13-27-48(46)54(51)49-35-32-41(38-18-6-2-7-19-38)36-47(49)45-26-14-21-40-20-10-11-24-44(40)45/h1-36H. The van der Waals surface area contributed by atoms with Crippen molar-refractivity contribution >= 4 is 49.6 Å². The average molecular weight is 689 g/mol. The molecule has 0 aliphatic heterocycles. The van der Waals surface area contributed by atoms with Gasteiger partial charge in [-0.1, -0.05) is 164 Å². The van der Waals surface area contributed by atoms with Crippen molar-refractivity contribution in [3.63, 3.8) is 0 Å². The zero-order valence-electron chi connectivity index (χ0n) is 29.7. The summed E-state index contributed by atoms with van der Waals surface area (Å²) in [6.45, 7) is 0. The minimum Gasteiger partial charge on any atom is -0.310 e. The highest BCUT2D eigenvalue weighted by Gasteiger charge is 2.23. The smallest absolute Gasteiger partial charge is 0.0562 e. The Balaban J connectivity index is 1.24. The fourth-order valence-corrected chi connectivity index (χ4v) is 8.10. The number of benzene rings is 9. The highest BCUT2D eigenvalue weighted by Crippen LogP contribution is 2.46. The van der Waals surface area contributed by atoms with E-state index < -0.39 is 0 Å². The van der Waals surface area contributed by atoms with E-state index in [1.165, 1.54) is 60.4 Å². The van der Waals surface area contributed by atoms with Crippen molar-refractivity contribution in [2.75, 3.05) is 4.90 Å². The summed E-state index contributed by atoms with van der Waals surface area (Å²) in [6, 6.07) is 78.9. The molecule has 0 radical (unpaired) electrons. The van der Waals surface area contributed by atoms with Gasteiger partial charge in [0.2, 0.25) is 0 Å². The molecule has 0 saturated heterocycles. The molecule has 0 saturated carbocycles. The number of fused-ring (bicyclic) bond motifs is 4. The van der Waals surface area contributed by atoms with Crippen LogP contribution in [0.25, 0.3) is 71.6 Å². The van der Waals surface area contributed by atoms with E-state index in [0.29, 0.717) is 0 Å². The second kappa shape index (κ2) is 13.4. The Morgan fingerprint density at radius 1 is 0.333 bits per heavy atom. The third kappa shape index (κ3) is 5.44. The van der Waals surface area contributed by atoms with E-state index in [1.807, 2.05) is 0 Å². The molecule has 54 heavy (non-hydrogen) atoms. The van der Waals surface area contributed by atoms with E-state index in [9.17, 15) is 0 Å². The molecule has 0 bridgehead atoms. The molecule has 1 heterocycles. The second-order valence-electron chi connectivity index (χ2n) is 13.7. The molecule has 0 atom stereocenters. The van der Waals surface area contributed by atoms with Gasteiger partial charge >= 0.3 is 0 Å². The van der Waals surface area contributed by atoms with E-state index in [2.05, 4.69) is 228 Å². The highest BCUT2D eigenvalue weighted by atomic mass is 15.1. The molecule has 0 N–H and O–H groups in total. The van der Waals surface area contributed by atoms with Crippen LogP contribution in [0.3, 0.4) is 0 Å². The van der Waals surface area contributed by atoms with Crippen LogP contribution in [0, 0.1) is 0 Å². The van der Waals surface area contributed by atoms with Crippen LogP contribution in [-0.4, -0.2) is 4.57 Å². The van der Waals surface area contributed by atoms with Crippen molar-refractivity contribution in [2.24, 2.45) is 0 Å². The molecule has 2 nitrogen and oxygen atoms in total. The zero-order valence-corrected chi connectivity index (χ0v) is 29.7. The molecule has 0 amide bonds. The first kappa shape index (κ1) is 31.6. The summed E-state index contributed by atoms with van der Waals surface area (Å²) in [5.74, 6) is 0. The second-order valence-corrected chi connectivity index (χ2v) is 13.7. The summed E-state index contributed by atoms with van der Waals surface area (Å²) in [4.78, 5) is 2.40. The Labute approximate surface area is 315 Å². The van der Waals surface area contributed by atoms with Gasteiger partial charge in [-0.2, -0.15) is 0 Å². The molecule has 0 spiro atoms. The number of nitrogens with zero attached hydrogens (tertiary/aromatic N) is 2. The van der Waals surface area contributed by atoms with Crippen molar-refractivity contribution in [3.05, 3.63) is 218 Å². The van der Waals surface area contributed by atoms with Crippen molar-refractivity contribution in [1.82, 2.24) is 4.57 Å². The Morgan fingerprint density at radius 2 is 0.870 bits per heavy atom. The van der Waals surface area contributed by atoms with Crippen molar-refractivity contribution < 1.29 is 0 Å². The number of hydrogen-bond donors (Lipinski definition) is 0. The van der Waals surface area contributed by atoms with E-state index in [1.54, 1.807) is 0 Å². The maximum Gasteiger partial charge on any atom is 0.0562 e. The van der Waals surface area contributed by atoms with Gasteiger partial charge in [0.1, 0.15) is 0 Å². The molecule has 10 rings (SSSR count). The molecule has 2 heteroatoms. The summed E-state index contributed by atoms with van der Waals surface area (Å²) in [6.07, 6.45) is 0. The Bertz CT molecular complexity index is 2900. The van der Waals surface area contributed by atoms with Gasteiger partial charge in [-0.3, -0.25) is 0 Å². The lowest BCUT2D eigenvalue weighted by Gasteiger charge is -2.26. The maximum atomic E-state index is 2.47. The SMILES string of the molecule is c1ccc(-c2ccc(N(c3ccccc3)c3cccc4c3c3ccccc3n4-c3ccc(-c4ccccc4)cc3-c3cccc4ccccc34)cc2)cc1. The van der Waals surface area contributed by atoms with Gasteiger partial charge in [0.15, 0.2) is 0 Å². The number of hydrogen-bond acceptors (Lipinski definition) is 1. The monoisotopic (exact) mass is 688 g/mol. The minimum absolute atomic E-state index is 1.11. The fraction of sp³-hybridized carbons (Fsp3) is 0. The lowest BCUT2D eigenvalue weighted by atomic mass is 9.93. The molecular weight excluding hydrogens is 653 g/mol. The van der Waals surface area contributed by atoms with Gasteiger partial charge in [0.05, 0.1) is 22.4 Å². The summed E-state index contributed by atoms with van der Waals surface area (Å²) < 4.78 is 2.47. The normalized spacial score (nSPS) is 11.3. The first-order chi connectivity index (χ1) is 26.8. The zero-order chi connectivity index (χ0) is 35.8. The highest BCUT2D eigenvalue weighted by molar-refractivity contribution is 6.17. The van der Waals surface area contributed by atoms with Crippen LogP contribution in [0.4, 0.5) is 17.1 Å². The third-order valence-electron chi connectivity index (χ3n) is 10.6. The van der Waals surface area contributed by atoms with Crippen molar-refractivity contribution in [2.45, 2.75) is 0 Å². The Hall–Kier alpha value is -7.16. The Kier molecular flexibility index (Phi) is 7.85. The van der Waals surface area contributed by atoms with Crippen LogP contribution < -0.4 is 4.90 Å². The van der Waals surface area contributed by atoms with Gasteiger partial charge in [0.25, 0.3) is 0 Å². The number of para-hydroxylation sites is 2. The molecule has 0 unspecified atom stereocenters. The molecule has 1 aromatic heterocycles. The van der Waals surface area contributed by atoms with Crippen LogP contribution in [0.5, 0.6) is 0 Å². The largest absolute Gasteiger partial charge is 0.310 e. The van der Waals surface area contributed by atoms with E-state index in [0.717, 1.165) is 28.3 Å². The molecule has 254 valence electrons. The Morgan fingerprint density at radius 3 is 1.63 bits per heavy atom. The molecule has 10 aromatic rings. The van der Waals surface area contributed by atoms with Gasteiger partial charge in [-0.05, 0) is 93.2 Å². The van der Waals surface area contributed by atoms with Crippen molar-refractivity contribution in [1.29, 1.82) is 0 Å². The maximum absolute atomic E-state index is 2.47. The van der Waals surface area contributed by atoms with Crippen LogP contribution in [-0.2, 0) is 0 Å². The molecular formula is C52H36N2. The summed E-state index contributed by atoms with van der Waals surface area (Å²) in [5, 5.41) is 4.88. The predicted molar refractivity (Wildman–Crippen MR) is 229 cm³/mol. The van der Waals surface area contributed by atoms with Crippen LogP contribution in [0.1, 0.15) is 0 Å². The van der Waals surface area contributed by atoms with Gasteiger partial charge in [-0.25, -0.2) is 0 Å². The molecule has 0 aliphatic rings. The third-order valence-corrected chi connectivity index (χ3v) is 10.6. The number of aromatic nitrogens is 1. The average Bonchev–Trinajstić information content (AvgIpc) is 3.59. The van der Waals surface area contributed by atoms with E-state index in [-0.39, 0.29) is 0 Å². The number of rotatable bonds is 7. The van der Waals surface area contributed by atoms with Gasteiger partial charge < -0.3 is 9.47 Å².